The molecule has 0 radical (unpaired) electrons. The standard InChI is InChI=1S/C11H9N7O2/c1-3-17-11(10(18(19)20)7(2)15-17)16-6-14-8(4-12)9(16)5-13/h6H,3H2,1-2H3. The Morgan fingerprint density at radius 1 is 1.45 bits per heavy atom. The molecule has 0 fully saturated rings. The SMILES string of the molecule is CCn1nc(C)c([N+](=O)[O-])c1-n1cnc(C#N)c1C#N. The van der Waals surface area contributed by atoms with Crippen LogP contribution in [-0.2, 0) is 6.54 Å². The molecule has 0 unspecified atom stereocenters. The van der Waals surface area contributed by atoms with Crippen molar-refractivity contribution in [2.75, 3.05) is 0 Å². The van der Waals surface area contributed by atoms with Crippen molar-refractivity contribution >= 4 is 5.69 Å². The Kier molecular flexibility index (Phi) is 3.19. The normalized spacial score (nSPS) is 10.0. The first-order chi connectivity index (χ1) is 9.54. The number of nitriles is 2. The second kappa shape index (κ2) is 4.82. The summed E-state index contributed by atoms with van der Waals surface area (Å²) in [5, 5.41) is 33.3. The van der Waals surface area contributed by atoms with Gasteiger partial charge in [0, 0.05) is 6.54 Å². The van der Waals surface area contributed by atoms with E-state index in [9.17, 15) is 10.1 Å². The van der Waals surface area contributed by atoms with E-state index >= 15 is 0 Å². The zero-order chi connectivity index (χ0) is 14.9. The second-order valence-electron chi connectivity index (χ2n) is 3.87. The number of nitro groups is 1. The van der Waals surface area contributed by atoms with E-state index in [0.29, 0.717) is 6.54 Å². The molecule has 0 saturated carbocycles. The van der Waals surface area contributed by atoms with Crippen LogP contribution in [0.25, 0.3) is 5.82 Å². The molecule has 2 aromatic heterocycles. The van der Waals surface area contributed by atoms with Crippen LogP contribution in [-0.4, -0.2) is 24.3 Å². The van der Waals surface area contributed by atoms with Gasteiger partial charge in [0.15, 0.2) is 11.4 Å². The van der Waals surface area contributed by atoms with Gasteiger partial charge in [-0.2, -0.15) is 15.6 Å². The number of imidazole rings is 1. The minimum atomic E-state index is -0.559. The molecule has 0 spiro atoms. The summed E-state index contributed by atoms with van der Waals surface area (Å²) in [5.74, 6) is 0.126. The van der Waals surface area contributed by atoms with Crippen LogP contribution in [0.5, 0.6) is 0 Å². The van der Waals surface area contributed by atoms with Gasteiger partial charge in [0.2, 0.25) is 5.82 Å². The lowest BCUT2D eigenvalue weighted by Crippen LogP contribution is -2.08. The van der Waals surface area contributed by atoms with Gasteiger partial charge in [-0.05, 0) is 13.8 Å². The van der Waals surface area contributed by atoms with Crippen LogP contribution < -0.4 is 0 Å². The molecule has 0 bridgehead atoms. The molecule has 0 saturated heterocycles. The molecule has 0 aromatic carbocycles. The third kappa shape index (κ3) is 1.78. The van der Waals surface area contributed by atoms with Gasteiger partial charge in [-0.15, -0.1) is 0 Å². The molecule has 9 nitrogen and oxygen atoms in total. The highest BCUT2D eigenvalue weighted by atomic mass is 16.6. The number of rotatable bonds is 3. The zero-order valence-corrected chi connectivity index (χ0v) is 10.7. The predicted molar refractivity (Wildman–Crippen MR) is 65.8 cm³/mol. The highest BCUT2D eigenvalue weighted by molar-refractivity contribution is 5.54. The molecule has 2 aromatic rings. The third-order valence-electron chi connectivity index (χ3n) is 2.76. The molecule has 0 aliphatic rings. The summed E-state index contributed by atoms with van der Waals surface area (Å²) in [6, 6.07) is 3.61. The molecular formula is C11H9N7O2. The first-order valence-electron chi connectivity index (χ1n) is 5.64. The highest BCUT2D eigenvalue weighted by Gasteiger charge is 2.28. The molecular weight excluding hydrogens is 262 g/mol. The molecule has 0 atom stereocenters. The van der Waals surface area contributed by atoms with Gasteiger partial charge >= 0.3 is 5.69 Å². The predicted octanol–water partition coefficient (Wildman–Crippen LogP) is 1.05. The van der Waals surface area contributed by atoms with Crippen LogP contribution in [0.2, 0.25) is 0 Å². The number of nitrogens with zero attached hydrogens (tertiary/aromatic N) is 7. The number of hydrogen-bond acceptors (Lipinski definition) is 6. The minimum Gasteiger partial charge on any atom is -0.267 e. The summed E-state index contributed by atoms with van der Waals surface area (Å²) < 4.78 is 2.62. The number of hydrogen-bond donors (Lipinski definition) is 0. The Bertz CT molecular complexity index is 772. The lowest BCUT2D eigenvalue weighted by Gasteiger charge is -2.05. The first kappa shape index (κ1) is 13.2. The maximum Gasteiger partial charge on any atom is 0.334 e. The Labute approximate surface area is 113 Å². The summed E-state index contributed by atoms with van der Waals surface area (Å²) in [7, 11) is 0. The van der Waals surface area contributed by atoms with E-state index in [2.05, 4.69) is 10.1 Å². The van der Waals surface area contributed by atoms with E-state index in [4.69, 9.17) is 10.5 Å². The molecule has 9 heteroatoms. The van der Waals surface area contributed by atoms with Crippen molar-refractivity contribution < 1.29 is 4.92 Å². The highest BCUT2D eigenvalue weighted by Crippen LogP contribution is 2.28. The van der Waals surface area contributed by atoms with Crippen LogP contribution in [0.1, 0.15) is 24.0 Å². The van der Waals surface area contributed by atoms with Crippen molar-refractivity contribution in [3.05, 3.63) is 33.5 Å². The Morgan fingerprint density at radius 2 is 2.15 bits per heavy atom. The van der Waals surface area contributed by atoms with E-state index in [-0.39, 0.29) is 28.6 Å². The monoisotopic (exact) mass is 271 g/mol. The van der Waals surface area contributed by atoms with Crippen LogP contribution >= 0.6 is 0 Å². The van der Waals surface area contributed by atoms with Crippen molar-refractivity contribution in [1.82, 2.24) is 19.3 Å². The van der Waals surface area contributed by atoms with E-state index in [1.165, 1.54) is 22.5 Å². The molecule has 20 heavy (non-hydrogen) atoms. The average molecular weight is 271 g/mol. The average Bonchev–Trinajstić information content (AvgIpc) is 2.97. The number of aryl methyl sites for hydroxylation is 2. The summed E-state index contributed by atoms with van der Waals surface area (Å²) in [6.07, 6.45) is 1.21. The molecule has 2 rings (SSSR count). The summed E-state index contributed by atoms with van der Waals surface area (Å²) in [6.45, 7) is 3.67. The fourth-order valence-corrected chi connectivity index (χ4v) is 1.93. The topological polar surface area (TPSA) is 126 Å². The lowest BCUT2D eigenvalue weighted by atomic mass is 10.3. The summed E-state index contributed by atoms with van der Waals surface area (Å²) >= 11 is 0. The van der Waals surface area contributed by atoms with E-state index in [1.807, 2.05) is 6.07 Å². The van der Waals surface area contributed by atoms with Gasteiger partial charge in [0.25, 0.3) is 0 Å². The van der Waals surface area contributed by atoms with Crippen molar-refractivity contribution in [3.8, 4) is 18.0 Å². The number of aromatic nitrogens is 4. The van der Waals surface area contributed by atoms with Crippen LogP contribution in [0.15, 0.2) is 6.33 Å². The first-order valence-corrected chi connectivity index (χ1v) is 5.64. The van der Waals surface area contributed by atoms with Gasteiger partial charge in [-0.1, -0.05) is 0 Å². The van der Waals surface area contributed by atoms with Gasteiger partial charge in [0.1, 0.15) is 24.2 Å². The lowest BCUT2D eigenvalue weighted by molar-refractivity contribution is -0.385. The molecule has 2 heterocycles. The van der Waals surface area contributed by atoms with Gasteiger partial charge < -0.3 is 0 Å². The van der Waals surface area contributed by atoms with Crippen LogP contribution in [0.3, 0.4) is 0 Å². The van der Waals surface area contributed by atoms with Crippen LogP contribution in [0, 0.1) is 39.7 Å². The second-order valence-corrected chi connectivity index (χ2v) is 3.87. The van der Waals surface area contributed by atoms with Gasteiger partial charge in [-0.25, -0.2) is 9.67 Å². The molecule has 100 valence electrons. The third-order valence-corrected chi connectivity index (χ3v) is 2.76. The Morgan fingerprint density at radius 3 is 2.65 bits per heavy atom. The maximum atomic E-state index is 11.2. The maximum absolute atomic E-state index is 11.2. The Hall–Kier alpha value is -3.20. The van der Waals surface area contributed by atoms with Crippen molar-refractivity contribution in [3.63, 3.8) is 0 Å². The van der Waals surface area contributed by atoms with E-state index < -0.39 is 4.92 Å². The fourth-order valence-electron chi connectivity index (χ4n) is 1.93. The quantitative estimate of drug-likeness (QED) is 0.606. The van der Waals surface area contributed by atoms with Gasteiger partial charge in [0.05, 0.1) is 4.92 Å². The van der Waals surface area contributed by atoms with Crippen molar-refractivity contribution in [2.24, 2.45) is 0 Å². The van der Waals surface area contributed by atoms with E-state index in [1.54, 1.807) is 13.0 Å². The Balaban J connectivity index is 2.83. The molecule has 0 aliphatic heterocycles. The largest absolute Gasteiger partial charge is 0.334 e. The molecule has 0 amide bonds. The van der Waals surface area contributed by atoms with Crippen molar-refractivity contribution in [1.29, 1.82) is 10.5 Å². The smallest absolute Gasteiger partial charge is 0.267 e. The molecule has 0 aliphatic carbocycles. The van der Waals surface area contributed by atoms with E-state index in [0.717, 1.165) is 0 Å². The van der Waals surface area contributed by atoms with Crippen molar-refractivity contribution in [2.45, 2.75) is 20.4 Å². The molecule has 0 N–H and O–H groups in total. The fraction of sp³-hybridized carbons (Fsp3) is 0.273. The summed E-state index contributed by atoms with van der Waals surface area (Å²) in [5.41, 5.74) is -0.0957. The minimum absolute atomic E-state index is 0.0507. The van der Waals surface area contributed by atoms with Gasteiger partial charge in [-0.3, -0.25) is 14.7 Å². The van der Waals surface area contributed by atoms with Crippen LogP contribution in [0.4, 0.5) is 5.69 Å². The summed E-state index contributed by atoms with van der Waals surface area (Å²) in [4.78, 5) is 14.4. The zero-order valence-electron chi connectivity index (χ0n) is 10.7.